The average Bonchev–Trinajstić information content (AvgIpc) is 1.95. The van der Waals surface area contributed by atoms with Gasteiger partial charge >= 0.3 is 5.97 Å². The molecular weight excluding hydrogens is 180 g/mol. The third kappa shape index (κ3) is 2.47. The maximum Gasteiger partial charge on any atom is 0.303 e. The highest BCUT2D eigenvalue weighted by Gasteiger charge is 2.43. The largest absolute Gasteiger partial charge is 0.460 e. The maximum atomic E-state index is 10.9. The zero-order valence-electron chi connectivity index (χ0n) is 9.46. The molecule has 1 aliphatic carbocycles. The Hall–Kier alpha value is -0.570. The van der Waals surface area contributed by atoms with Crippen LogP contribution in [0.1, 0.15) is 47.0 Å². The second kappa shape index (κ2) is 3.54. The Balaban J connectivity index is 2.70. The monoisotopic (exact) mass is 200 g/mol. The third-order valence-corrected chi connectivity index (χ3v) is 3.07. The summed E-state index contributed by atoms with van der Waals surface area (Å²) < 4.78 is 5.31. The second-order valence-corrected chi connectivity index (χ2v) is 5.26. The van der Waals surface area contributed by atoms with Gasteiger partial charge in [-0.05, 0) is 31.6 Å². The molecule has 2 atom stereocenters. The van der Waals surface area contributed by atoms with Crippen LogP contribution in [0.15, 0.2) is 0 Å². The lowest BCUT2D eigenvalue weighted by Gasteiger charge is -2.44. The van der Waals surface area contributed by atoms with Gasteiger partial charge in [0.05, 0.1) is 6.10 Å². The van der Waals surface area contributed by atoms with Gasteiger partial charge in [-0.15, -0.1) is 0 Å². The molecular formula is C11H20O3. The molecule has 1 N–H and O–H groups in total. The van der Waals surface area contributed by atoms with Crippen LogP contribution in [0.25, 0.3) is 0 Å². The Bertz CT molecular complexity index is 235. The zero-order valence-corrected chi connectivity index (χ0v) is 9.46. The van der Waals surface area contributed by atoms with E-state index in [-0.39, 0.29) is 17.5 Å². The van der Waals surface area contributed by atoms with Crippen LogP contribution in [0.5, 0.6) is 0 Å². The molecule has 1 fully saturated rings. The number of hydrogen-bond donors (Lipinski definition) is 1. The molecule has 0 saturated heterocycles. The highest BCUT2D eigenvalue weighted by molar-refractivity contribution is 5.66. The number of rotatable bonds is 1. The second-order valence-electron chi connectivity index (χ2n) is 5.26. The highest BCUT2D eigenvalue weighted by atomic mass is 16.6. The summed E-state index contributed by atoms with van der Waals surface area (Å²) in [5, 5.41) is 9.76. The van der Waals surface area contributed by atoms with E-state index in [1.165, 1.54) is 6.92 Å². The van der Waals surface area contributed by atoms with Gasteiger partial charge in [0.25, 0.3) is 0 Å². The molecule has 0 aliphatic heterocycles. The number of aliphatic hydroxyl groups excluding tert-OH is 1. The van der Waals surface area contributed by atoms with E-state index in [1.807, 2.05) is 20.8 Å². The molecule has 0 spiro atoms. The van der Waals surface area contributed by atoms with Gasteiger partial charge in [-0.2, -0.15) is 0 Å². The van der Waals surface area contributed by atoms with Crippen molar-refractivity contribution in [3.8, 4) is 0 Å². The van der Waals surface area contributed by atoms with Crippen molar-refractivity contribution in [3.63, 3.8) is 0 Å². The fourth-order valence-electron chi connectivity index (χ4n) is 2.44. The highest BCUT2D eigenvalue weighted by Crippen LogP contribution is 2.42. The Morgan fingerprint density at radius 2 is 2.00 bits per heavy atom. The SMILES string of the molecule is CC(=O)OC1(C)CC[C@H](O)C(C)(C)C1. The molecule has 14 heavy (non-hydrogen) atoms. The Morgan fingerprint density at radius 3 is 2.43 bits per heavy atom. The lowest BCUT2D eigenvalue weighted by atomic mass is 9.68. The van der Waals surface area contributed by atoms with Crippen molar-refractivity contribution in [2.45, 2.75) is 58.7 Å². The van der Waals surface area contributed by atoms with Crippen LogP contribution in [-0.2, 0) is 9.53 Å². The Morgan fingerprint density at radius 1 is 1.43 bits per heavy atom. The first-order valence-corrected chi connectivity index (χ1v) is 5.13. The summed E-state index contributed by atoms with van der Waals surface area (Å²) in [6.45, 7) is 7.41. The fourth-order valence-corrected chi connectivity index (χ4v) is 2.44. The topological polar surface area (TPSA) is 46.5 Å². The van der Waals surface area contributed by atoms with E-state index < -0.39 is 5.60 Å². The Labute approximate surface area is 85.5 Å². The minimum atomic E-state index is -0.394. The Kier molecular flexibility index (Phi) is 2.91. The van der Waals surface area contributed by atoms with Crippen LogP contribution in [0, 0.1) is 5.41 Å². The number of esters is 1. The summed E-state index contributed by atoms with van der Waals surface area (Å²) in [6, 6.07) is 0. The lowest BCUT2D eigenvalue weighted by Crippen LogP contribution is -2.46. The minimum Gasteiger partial charge on any atom is -0.460 e. The quantitative estimate of drug-likeness (QED) is 0.657. The van der Waals surface area contributed by atoms with Gasteiger partial charge in [-0.1, -0.05) is 13.8 Å². The predicted molar refractivity (Wildman–Crippen MR) is 53.8 cm³/mol. The summed E-state index contributed by atoms with van der Waals surface area (Å²) in [5.74, 6) is -0.236. The van der Waals surface area contributed by atoms with E-state index in [0.717, 1.165) is 12.8 Å². The molecule has 0 aromatic rings. The standard InChI is InChI=1S/C11H20O3/c1-8(12)14-11(4)6-5-9(13)10(2,3)7-11/h9,13H,5-7H2,1-4H3/t9-,11?/m0/s1. The van der Waals surface area contributed by atoms with Gasteiger partial charge in [0.1, 0.15) is 5.60 Å². The number of aliphatic hydroxyl groups is 1. The summed E-state index contributed by atoms with van der Waals surface area (Å²) in [4.78, 5) is 10.9. The van der Waals surface area contributed by atoms with Crippen LogP contribution >= 0.6 is 0 Å². The van der Waals surface area contributed by atoms with Crippen molar-refractivity contribution in [2.75, 3.05) is 0 Å². The molecule has 0 bridgehead atoms. The molecule has 1 saturated carbocycles. The summed E-state index contributed by atoms with van der Waals surface area (Å²) in [7, 11) is 0. The van der Waals surface area contributed by atoms with Crippen LogP contribution in [0.4, 0.5) is 0 Å². The smallest absolute Gasteiger partial charge is 0.303 e. The van der Waals surface area contributed by atoms with Crippen molar-refractivity contribution >= 4 is 5.97 Å². The molecule has 1 unspecified atom stereocenters. The van der Waals surface area contributed by atoms with Gasteiger partial charge in [-0.25, -0.2) is 0 Å². The van der Waals surface area contributed by atoms with E-state index >= 15 is 0 Å². The number of carbonyl (C=O) groups excluding carboxylic acids is 1. The molecule has 0 amide bonds. The van der Waals surface area contributed by atoms with Crippen molar-refractivity contribution in [3.05, 3.63) is 0 Å². The molecule has 1 aliphatic rings. The van der Waals surface area contributed by atoms with Gasteiger partial charge in [-0.3, -0.25) is 4.79 Å². The lowest BCUT2D eigenvalue weighted by molar-refractivity contribution is -0.168. The first-order valence-electron chi connectivity index (χ1n) is 5.13. The van der Waals surface area contributed by atoms with Gasteiger partial charge in [0.15, 0.2) is 0 Å². The van der Waals surface area contributed by atoms with Crippen LogP contribution in [-0.4, -0.2) is 22.8 Å². The van der Waals surface area contributed by atoms with E-state index in [2.05, 4.69) is 0 Å². The van der Waals surface area contributed by atoms with Crippen molar-refractivity contribution in [1.82, 2.24) is 0 Å². The van der Waals surface area contributed by atoms with Crippen LogP contribution < -0.4 is 0 Å². The van der Waals surface area contributed by atoms with E-state index in [9.17, 15) is 9.90 Å². The molecule has 3 heteroatoms. The van der Waals surface area contributed by atoms with Gasteiger partial charge in [0.2, 0.25) is 0 Å². The number of hydrogen-bond acceptors (Lipinski definition) is 3. The number of carbonyl (C=O) groups is 1. The fraction of sp³-hybridized carbons (Fsp3) is 0.909. The van der Waals surface area contributed by atoms with Crippen LogP contribution in [0.2, 0.25) is 0 Å². The molecule has 1 rings (SSSR count). The van der Waals surface area contributed by atoms with Crippen molar-refractivity contribution in [2.24, 2.45) is 5.41 Å². The molecule has 0 aromatic carbocycles. The first kappa shape index (κ1) is 11.5. The molecule has 0 radical (unpaired) electrons. The predicted octanol–water partition coefficient (Wildman–Crippen LogP) is 1.88. The third-order valence-electron chi connectivity index (χ3n) is 3.07. The van der Waals surface area contributed by atoms with Gasteiger partial charge in [0, 0.05) is 6.92 Å². The summed E-state index contributed by atoms with van der Waals surface area (Å²) >= 11 is 0. The maximum absolute atomic E-state index is 10.9. The normalized spacial score (nSPS) is 36.5. The molecule has 82 valence electrons. The van der Waals surface area contributed by atoms with E-state index in [1.54, 1.807) is 0 Å². The van der Waals surface area contributed by atoms with E-state index in [0.29, 0.717) is 6.42 Å². The molecule has 3 nitrogen and oxygen atoms in total. The first-order chi connectivity index (χ1) is 6.25. The average molecular weight is 200 g/mol. The summed E-state index contributed by atoms with van der Waals surface area (Å²) in [5.41, 5.74) is -0.559. The number of ether oxygens (including phenoxy) is 1. The zero-order chi connectivity index (χ0) is 11.0. The van der Waals surface area contributed by atoms with Crippen molar-refractivity contribution in [1.29, 1.82) is 0 Å². The minimum absolute atomic E-state index is 0.164. The van der Waals surface area contributed by atoms with Gasteiger partial charge < -0.3 is 9.84 Å². The van der Waals surface area contributed by atoms with Crippen molar-refractivity contribution < 1.29 is 14.6 Å². The van der Waals surface area contributed by atoms with E-state index in [4.69, 9.17) is 4.74 Å². The van der Waals surface area contributed by atoms with Crippen LogP contribution in [0.3, 0.4) is 0 Å². The summed E-state index contributed by atoms with van der Waals surface area (Å²) in [6.07, 6.45) is 1.89. The molecule has 0 heterocycles. The molecule has 0 aromatic heterocycles.